The summed E-state index contributed by atoms with van der Waals surface area (Å²) in [5.41, 5.74) is 7.38. The Bertz CT molecular complexity index is 422. The summed E-state index contributed by atoms with van der Waals surface area (Å²) in [5.74, 6) is -0.121. The quantitative estimate of drug-likeness (QED) is 0.901. The van der Waals surface area contributed by atoms with Crippen LogP contribution in [0.3, 0.4) is 0 Å². The number of hydrogen-bond donors (Lipinski definition) is 1. The van der Waals surface area contributed by atoms with Gasteiger partial charge < -0.3 is 10.6 Å². The van der Waals surface area contributed by atoms with Crippen LogP contribution in [0.1, 0.15) is 24.5 Å². The fourth-order valence-corrected chi connectivity index (χ4v) is 2.71. The second-order valence-electron chi connectivity index (χ2n) is 5.41. The molecule has 1 saturated heterocycles. The number of piperazine rings is 1. The average molecular weight is 265 g/mol. The van der Waals surface area contributed by atoms with Crippen molar-refractivity contribution in [2.75, 3.05) is 26.7 Å². The lowest BCUT2D eigenvalue weighted by atomic mass is 10.1. The molecule has 0 aromatic heterocycles. The summed E-state index contributed by atoms with van der Waals surface area (Å²) >= 11 is 0. The second-order valence-corrected chi connectivity index (χ2v) is 5.41. The van der Waals surface area contributed by atoms with Crippen molar-refractivity contribution in [2.24, 2.45) is 5.73 Å². The van der Waals surface area contributed by atoms with Crippen molar-refractivity contribution in [3.05, 3.63) is 35.1 Å². The van der Waals surface area contributed by atoms with Crippen LogP contribution < -0.4 is 5.73 Å². The highest BCUT2D eigenvalue weighted by molar-refractivity contribution is 5.25. The van der Waals surface area contributed by atoms with Gasteiger partial charge in [0.15, 0.2) is 0 Å². The third-order valence-corrected chi connectivity index (χ3v) is 4.07. The highest BCUT2D eigenvalue weighted by atomic mass is 19.1. The number of nitrogens with zero attached hydrogens (tertiary/aromatic N) is 2. The van der Waals surface area contributed by atoms with Gasteiger partial charge in [0.25, 0.3) is 0 Å². The van der Waals surface area contributed by atoms with Gasteiger partial charge in [-0.15, -0.1) is 0 Å². The minimum Gasteiger partial charge on any atom is -0.326 e. The molecule has 0 saturated carbocycles. The maximum Gasteiger partial charge on any atom is 0.127 e. The predicted octanol–water partition coefficient (Wildman–Crippen LogP) is 1.81. The molecule has 1 unspecified atom stereocenters. The summed E-state index contributed by atoms with van der Waals surface area (Å²) in [6, 6.07) is 5.77. The molecule has 1 fully saturated rings. The molecule has 0 aliphatic carbocycles. The normalized spacial score (nSPS) is 21.8. The second kappa shape index (κ2) is 6.46. The number of benzene rings is 1. The summed E-state index contributed by atoms with van der Waals surface area (Å²) < 4.78 is 13.8. The summed E-state index contributed by atoms with van der Waals surface area (Å²) in [5, 5.41) is 0. The molecule has 0 amide bonds. The number of hydrogen-bond acceptors (Lipinski definition) is 3. The van der Waals surface area contributed by atoms with E-state index in [0.29, 0.717) is 19.1 Å². The van der Waals surface area contributed by atoms with Crippen LogP contribution in [0.4, 0.5) is 4.39 Å². The molecule has 1 atom stereocenters. The van der Waals surface area contributed by atoms with Gasteiger partial charge >= 0.3 is 0 Å². The molecule has 3 nitrogen and oxygen atoms in total. The van der Waals surface area contributed by atoms with Crippen LogP contribution in [-0.2, 0) is 13.1 Å². The lowest BCUT2D eigenvalue weighted by Crippen LogP contribution is -2.50. The van der Waals surface area contributed by atoms with Crippen molar-refractivity contribution in [1.82, 2.24) is 9.80 Å². The summed E-state index contributed by atoms with van der Waals surface area (Å²) in [6.45, 7) is 6.42. The van der Waals surface area contributed by atoms with E-state index in [2.05, 4.69) is 23.8 Å². The first-order valence-electron chi connectivity index (χ1n) is 7.04. The van der Waals surface area contributed by atoms with Crippen LogP contribution >= 0.6 is 0 Å². The molecule has 0 spiro atoms. The zero-order valence-electron chi connectivity index (χ0n) is 11.9. The summed E-state index contributed by atoms with van der Waals surface area (Å²) in [4.78, 5) is 4.73. The molecule has 0 bridgehead atoms. The molecule has 106 valence electrons. The van der Waals surface area contributed by atoms with Crippen molar-refractivity contribution >= 4 is 0 Å². The molecule has 1 aromatic rings. The lowest BCUT2D eigenvalue weighted by molar-refractivity contribution is 0.0876. The van der Waals surface area contributed by atoms with Crippen LogP contribution in [-0.4, -0.2) is 42.5 Å². The highest BCUT2D eigenvalue weighted by Crippen LogP contribution is 2.17. The zero-order valence-corrected chi connectivity index (χ0v) is 11.9. The molecular weight excluding hydrogens is 241 g/mol. The van der Waals surface area contributed by atoms with Crippen LogP contribution in [0.5, 0.6) is 0 Å². The predicted molar refractivity (Wildman–Crippen MR) is 76.3 cm³/mol. The number of halogens is 1. The van der Waals surface area contributed by atoms with Crippen molar-refractivity contribution in [3.8, 4) is 0 Å². The van der Waals surface area contributed by atoms with E-state index in [1.54, 1.807) is 6.07 Å². The van der Waals surface area contributed by atoms with Gasteiger partial charge in [-0.3, -0.25) is 4.90 Å². The summed E-state index contributed by atoms with van der Waals surface area (Å²) in [7, 11) is 2.17. The van der Waals surface area contributed by atoms with E-state index in [0.717, 1.165) is 37.2 Å². The fraction of sp³-hybridized carbons (Fsp3) is 0.600. The first kappa shape index (κ1) is 14.4. The van der Waals surface area contributed by atoms with Gasteiger partial charge in [0.2, 0.25) is 0 Å². The Hall–Kier alpha value is -0.970. The Morgan fingerprint density at radius 1 is 1.37 bits per heavy atom. The standard InChI is InChI=1S/C15H24FN3/c1-3-14-11-19(7-6-18(14)2)10-13-8-12(9-17)4-5-15(13)16/h4-5,8,14H,3,6-7,9-11,17H2,1-2H3. The Morgan fingerprint density at radius 2 is 2.16 bits per heavy atom. The number of nitrogens with two attached hydrogens (primary N) is 1. The first-order valence-corrected chi connectivity index (χ1v) is 7.04. The van der Waals surface area contributed by atoms with E-state index in [1.807, 2.05) is 6.07 Å². The third-order valence-electron chi connectivity index (χ3n) is 4.07. The van der Waals surface area contributed by atoms with Crippen LogP contribution in [0.2, 0.25) is 0 Å². The van der Waals surface area contributed by atoms with Gasteiger partial charge in [-0.1, -0.05) is 19.1 Å². The van der Waals surface area contributed by atoms with Crippen molar-refractivity contribution in [1.29, 1.82) is 0 Å². The molecule has 2 N–H and O–H groups in total. The molecule has 1 heterocycles. The minimum absolute atomic E-state index is 0.121. The molecule has 1 aliphatic rings. The Labute approximate surface area is 115 Å². The topological polar surface area (TPSA) is 32.5 Å². The van der Waals surface area contributed by atoms with E-state index >= 15 is 0 Å². The maximum absolute atomic E-state index is 13.8. The number of rotatable bonds is 4. The lowest BCUT2D eigenvalue weighted by Gasteiger charge is -2.39. The van der Waals surface area contributed by atoms with Gasteiger partial charge in [-0.25, -0.2) is 4.39 Å². The Kier molecular flexibility index (Phi) is 4.91. The maximum atomic E-state index is 13.8. The van der Waals surface area contributed by atoms with Gasteiger partial charge in [0, 0.05) is 44.3 Å². The van der Waals surface area contributed by atoms with Crippen molar-refractivity contribution in [2.45, 2.75) is 32.5 Å². The Morgan fingerprint density at radius 3 is 2.84 bits per heavy atom. The Balaban J connectivity index is 2.04. The molecule has 1 aromatic carbocycles. The van der Waals surface area contributed by atoms with Crippen LogP contribution in [0, 0.1) is 5.82 Å². The van der Waals surface area contributed by atoms with E-state index in [4.69, 9.17) is 5.73 Å². The molecule has 1 aliphatic heterocycles. The van der Waals surface area contributed by atoms with Gasteiger partial charge in [0.1, 0.15) is 5.82 Å². The molecule has 2 rings (SSSR count). The zero-order chi connectivity index (χ0) is 13.8. The average Bonchev–Trinajstić information content (AvgIpc) is 2.43. The van der Waals surface area contributed by atoms with E-state index in [1.165, 1.54) is 6.07 Å². The largest absolute Gasteiger partial charge is 0.326 e. The third kappa shape index (κ3) is 3.53. The minimum atomic E-state index is -0.121. The highest BCUT2D eigenvalue weighted by Gasteiger charge is 2.23. The van der Waals surface area contributed by atoms with E-state index < -0.39 is 0 Å². The van der Waals surface area contributed by atoms with Crippen LogP contribution in [0.15, 0.2) is 18.2 Å². The van der Waals surface area contributed by atoms with Crippen LogP contribution in [0.25, 0.3) is 0 Å². The van der Waals surface area contributed by atoms with Crippen molar-refractivity contribution in [3.63, 3.8) is 0 Å². The van der Waals surface area contributed by atoms with Gasteiger partial charge in [-0.05, 0) is 25.1 Å². The molecule has 19 heavy (non-hydrogen) atoms. The first-order chi connectivity index (χ1) is 9.13. The smallest absolute Gasteiger partial charge is 0.127 e. The van der Waals surface area contributed by atoms with Crippen molar-refractivity contribution < 1.29 is 4.39 Å². The molecule has 4 heteroatoms. The fourth-order valence-electron chi connectivity index (χ4n) is 2.71. The monoisotopic (exact) mass is 265 g/mol. The molecular formula is C15H24FN3. The summed E-state index contributed by atoms with van der Waals surface area (Å²) in [6.07, 6.45) is 1.14. The van der Waals surface area contributed by atoms with Gasteiger partial charge in [-0.2, -0.15) is 0 Å². The number of likely N-dealkylation sites (N-methyl/N-ethyl adjacent to an activating group) is 1. The SMILES string of the molecule is CCC1CN(Cc2cc(CN)ccc2F)CCN1C. The van der Waals surface area contributed by atoms with E-state index in [9.17, 15) is 4.39 Å². The van der Waals surface area contributed by atoms with Gasteiger partial charge in [0.05, 0.1) is 0 Å². The van der Waals surface area contributed by atoms with E-state index in [-0.39, 0.29) is 5.82 Å². The molecule has 0 radical (unpaired) electrons.